The molecule has 0 bridgehead atoms. The summed E-state index contributed by atoms with van der Waals surface area (Å²) in [6.07, 6.45) is 0. The molecule has 0 atom stereocenters. The molecular formula is C58H38N2. The van der Waals surface area contributed by atoms with Gasteiger partial charge in [-0.3, -0.25) is 0 Å². The average Bonchev–Trinajstić information content (AvgIpc) is 3.67. The Morgan fingerprint density at radius 1 is 0.283 bits per heavy atom. The second-order valence-corrected chi connectivity index (χ2v) is 15.7. The van der Waals surface area contributed by atoms with Gasteiger partial charge in [0.2, 0.25) is 0 Å². The van der Waals surface area contributed by atoms with Gasteiger partial charge < -0.3 is 9.47 Å². The summed E-state index contributed by atoms with van der Waals surface area (Å²) in [5.41, 5.74) is 11.6. The third-order valence-corrected chi connectivity index (χ3v) is 12.3. The summed E-state index contributed by atoms with van der Waals surface area (Å²) in [5.74, 6) is 0. The maximum atomic E-state index is 2.42. The first kappa shape index (κ1) is 34.1. The van der Waals surface area contributed by atoms with Crippen molar-refractivity contribution in [3.05, 3.63) is 231 Å². The fourth-order valence-electron chi connectivity index (χ4n) is 9.50. The minimum Gasteiger partial charge on any atom is -0.310 e. The summed E-state index contributed by atoms with van der Waals surface area (Å²) in [6, 6.07) is 84.3. The molecule has 0 saturated heterocycles. The minimum atomic E-state index is 1.10. The SMILES string of the molecule is c1ccc(-n2c3cccc(-c4cccc(N(c5ccc(-c6ccc7c(ccc8ccccc87)c6)cc5)c5ccc6ccccc6c5)c4)c3c3c4ccccc4ccc32)cc1. The zero-order valence-electron chi connectivity index (χ0n) is 32.8. The number of fused-ring (bicyclic) bond motifs is 9. The highest BCUT2D eigenvalue weighted by Gasteiger charge is 2.20. The number of nitrogens with zero attached hydrogens (tertiary/aromatic N) is 2. The molecular weight excluding hydrogens is 725 g/mol. The van der Waals surface area contributed by atoms with Crippen LogP contribution in [0.25, 0.3) is 92.8 Å². The van der Waals surface area contributed by atoms with Crippen LogP contribution in [0.15, 0.2) is 231 Å². The fraction of sp³-hybridized carbons (Fsp3) is 0. The molecule has 12 aromatic rings. The van der Waals surface area contributed by atoms with E-state index in [2.05, 4.69) is 240 Å². The quantitative estimate of drug-likeness (QED) is 0.153. The number of hydrogen-bond acceptors (Lipinski definition) is 1. The molecule has 280 valence electrons. The standard InChI is InChI=1S/C58H38N2/c1-2-17-47(18-3-1)60-55-23-11-22-54(58(55)57-53-21-9-7-14-42(53)30-35-56(57)60)45-16-10-19-49(38-45)59(50-33-28-39-12-4-5-15-43(39)37-50)48-31-26-40(27-32-48)44-29-34-52-46(36-44)25-24-41-13-6-8-20-51(41)52/h1-38H. The van der Waals surface area contributed by atoms with Gasteiger partial charge in [0.15, 0.2) is 0 Å². The summed E-state index contributed by atoms with van der Waals surface area (Å²) in [4.78, 5) is 2.40. The van der Waals surface area contributed by atoms with E-state index in [1.807, 2.05) is 0 Å². The van der Waals surface area contributed by atoms with Gasteiger partial charge in [0, 0.05) is 33.5 Å². The topological polar surface area (TPSA) is 8.17 Å². The van der Waals surface area contributed by atoms with Crippen molar-refractivity contribution in [3.8, 4) is 27.9 Å². The normalized spacial score (nSPS) is 11.7. The number of hydrogen-bond donors (Lipinski definition) is 0. The van der Waals surface area contributed by atoms with Crippen LogP contribution in [0.1, 0.15) is 0 Å². The van der Waals surface area contributed by atoms with E-state index < -0.39 is 0 Å². The first-order valence-corrected chi connectivity index (χ1v) is 20.7. The lowest BCUT2D eigenvalue weighted by Crippen LogP contribution is -2.10. The Bertz CT molecular complexity index is 3600. The van der Waals surface area contributed by atoms with Crippen molar-refractivity contribution >= 4 is 82.0 Å². The van der Waals surface area contributed by atoms with Crippen molar-refractivity contribution in [1.82, 2.24) is 4.57 Å². The van der Waals surface area contributed by atoms with Gasteiger partial charge in [-0.2, -0.15) is 0 Å². The van der Waals surface area contributed by atoms with Gasteiger partial charge in [0.05, 0.1) is 11.0 Å². The van der Waals surface area contributed by atoms with Gasteiger partial charge in [-0.05, 0) is 132 Å². The number of benzene rings is 11. The Balaban J connectivity index is 1.02. The second kappa shape index (κ2) is 13.9. The van der Waals surface area contributed by atoms with Crippen molar-refractivity contribution < 1.29 is 0 Å². The van der Waals surface area contributed by atoms with E-state index in [-0.39, 0.29) is 0 Å². The average molecular weight is 763 g/mol. The molecule has 11 aromatic carbocycles. The van der Waals surface area contributed by atoms with Crippen molar-refractivity contribution in [2.75, 3.05) is 4.90 Å². The molecule has 1 aromatic heterocycles. The Morgan fingerprint density at radius 2 is 0.883 bits per heavy atom. The summed E-state index contributed by atoms with van der Waals surface area (Å²) in [5, 5.41) is 12.6. The van der Waals surface area contributed by atoms with Gasteiger partial charge in [0.1, 0.15) is 0 Å². The van der Waals surface area contributed by atoms with E-state index in [1.165, 1.54) is 87.1 Å². The molecule has 0 radical (unpaired) electrons. The highest BCUT2D eigenvalue weighted by atomic mass is 15.1. The molecule has 0 amide bonds. The summed E-state index contributed by atoms with van der Waals surface area (Å²) in [6.45, 7) is 0. The maximum Gasteiger partial charge on any atom is 0.0547 e. The van der Waals surface area contributed by atoms with Crippen molar-refractivity contribution in [1.29, 1.82) is 0 Å². The monoisotopic (exact) mass is 762 g/mol. The predicted octanol–water partition coefficient (Wildman–Crippen LogP) is 16.2. The Hall–Kier alpha value is -7.94. The summed E-state index contributed by atoms with van der Waals surface area (Å²) < 4.78 is 2.42. The molecule has 1 heterocycles. The maximum absolute atomic E-state index is 2.42. The van der Waals surface area contributed by atoms with Gasteiger partial charge in [0.25, 0.3) is 0 Å². The van der Waals surface area contributed by atoms with Crippen LogP contribution < -0.4 is 4.90 Å². The highest BCUT2D eigenvalue weighted by molar-refractivity contribution is 6.25. The molecule has 0 unspecified atom stereocenters. The number of aromatic nitrogens is 1. The minimum absolute atomic E-state index is 1.10. The van der Waals surface area contributed by atoms with E-state index in [4.69, 9.17) is 0 Å². The van der Waals surface area contributed by atoms with Gasteiger partial charge in [-0.1, -0.05) is 164 Å². The Morgan fingerprint density at radius 3 is 1.73 bits per heavy atom. The van der Waals surface area contributed by atoms with Crippen LogP contribution in [-0.2, 0) is 0 Å². The van der Waals surface area contributed by atoms with Gasteiger partial charge in [-0.15, -0.1) is 0 Å². The third kappa shape index (κ3) is 5.57. The lowest BCUT2D eigenvalue weighted by atomic mass is 9.96. The van der Waals surface area contributed by atoms with E-state index in [0.29, 0.717) is 0 Å². The van der Waals surface area contributed by atoms with Crippen molar-refractivity contribution in [2.45, 2.75) is 0 Å². The second-order valence-electron chi connectivity index (χ2n) is 15.7. The van der Waals surface area contributed by atoms with Crippen LogP contribution in [0.4, 0.5) is 17.1 Å². The van der Waals surface area contributed by atoms with E-state index in [1.54, 1.807) is 0 Å². The molecule has 60 heavy (non-hydrogen) atoms. The lowest BCUT2D eigenvalue weighted by molar-refractivity contribution is 1.18. The summed E-state index contributed by atoms with van der Waals surface area (Å²) in [7, 11) is 0. The molecule has 0 spiro atoms. The molecule has 0 fully saturated rings. The molecule has 0 saturated carbocycles. The highest BCUT2D eigenvalue weighted by Crippen LogP contribution is 2.44. The van der Waals surface area contributed by atoms with Crippen LogP contribution in [0.5, 0.6) is 0 Å². The smallest absolute Gasteiger partial charge is 0.0547 e. The zero-order valence-corrected chi connectivity index (χ0v) is 32.8. The molecule has 2 heteroatoms. The van der Waals surface area contributed by atoms with Crippen LogP contribution in [0, 0.1) is 0 Å². The van der Waals surface area contributed by atoms with Crippen LogP contribution in [-0.4, -0.2) is 4.57 Å². The Kier molecular flexibility index (Phi) is 7.89. The first-order chi connectivity index (χ1) is 29.7. The van der Waals surface area contributed by atoms with Crippen LogP contribution in [0.3, 0.4) is 0 Å². The largest absolute Gasteiger partial charge is 0.310 e. The fourth-order valence-corrected chi connectivity index (χ4v) is 9.50. The van der Waals surface area contributed by atoms with Crippen LogP contribution in [0.2, 0.25) is 0 Å². The number of anilines is 3. The third-order valence-electron chi connectivity index (χ3n) is 12.3. The molecule has 0 aliphatic carbocycles. The molecule has 0 aliphatic rings. The molecule has 2 nitrogen and oxygen atoms in total. The predicted molar refractivity (Wildman–Crippen MR) is 256 cm³/mol. The van der Waals surface area contributed by atoms with E-state index in [9.17, 15) is 0 Å². The Labute approximate surface area is 348 Å². The van der Waals surface area contributed by atoms with Gasteiger partial charge in [-0.25, -0.2) is 0 Å². The molecule has 0 N–H and O–H groups in total. The van der Waals surface area contributed by atoms with Crippen molar-refractivity contribution in [2.24, 2.45) is 0 Å². The van der Waals surface area contributed by atoms with E-state index >= 15 is 0 Å². The molecule has 12 rings (SSSR count). The zero-order chi connectivity index (χ0) is 39.6. The first-order valence-electron chi connectivity index (χ1n) is 20.7. The lowest BCUT2D eigenvalue weighted by Gasteiger charge is -2.26. The summed E-state index contributed by atoms with van der Waals surface area (Å²) >= 11 is 0. The number of para-hydroxylation sites is 1. The van der Waals surface area contributed by atoms with Crippen molar-refractivity contribution in [3.63, 3.8) is 0 Å². The number of rotatable bonds is 6. The van der Waals surface area contributed by atoms with Crippen LogP contribution >= 0.6 is 0 Å². The molecule has 0 aliphatic heterocycles. The van der Waals surface area contributed by atoms with E-state index in [0.717, 1.165) is 22.7 Å². The van der Waals surface area contributed by atoms with Gasteiger partial charge >= 0.3 is 0 Å².